The van der Waals surface area contributed by atoms with Gasteiger partial charge >= 0.3 is 0 Å². The summed E-state index contributed by atoms with van der Waals surface area (Å²) in [6.45, 7) is 5.12. The number of rotatable bonds is 1. The van der Waals surface area contributed by atoms with Gasteiger partial charge in [-0.15, -0.1) is 0 Å². The van der Waals surface area contributed by atoms with Gasteiger partial charge in [0, 0.05) is 5.56 Å². The highest BCUT2D eigenvalue weighted by Gasteiger charge is 2.23. The van der Waals surface area contributed by atoms with E-state index in [1.807, 2.05) is 6.92 Å². The van der Waals surface area contributed by atoms with Gasteiger partial charge in [-0.2, -0.15) is 0 Å². The monoisotopic (exact) mass is 246 g/mol. The van der Waals surface area contributed by atoms with Gasteiger partial charge in [-0.05, 0) is 48.3 Å². The second-order valence-corrected chi connectivity index (χ2v) is 4.41. The van der Waals surface area contributed by atoms with Crippen LogP contribution in [0.5, 0.6) is 0 Å². The van der Waals surface area contributed by atoms with E-state index < -0.39 is 5.60 Å². The van der Waals surface area contributed by atoms with E-state index >= 15 is 0 Å². The van der Waals surface area contributed by atoms with Gasteiger partial charge in [0.05, 0.1) is 10.1 Å². The summed E-state index contributed by atoms with van der Waals surface area (Å²) in [4.78, 5) is 0. The lowest BCUT2D eigenvalue weighted by Crippen LogP contribution is -2.18. The van der Waals surface area contributed by atoms with Crippen LogP contribution >= 0.6 is 15.9 Å². The molecule has 0 saturated heterocycles. The fraction of sp³-hybridized carbons (Fsp3) is 0.400. The summed E-state index contributed by atoms with van der Waals surface area (Å²) in [5, 5.41) is 9.78. The van der Waals surface area contributed by atoms with Crippen LogP contribution in [0.4, 0.5) is 4.39 Å². The third kappa shape index (κ3) is 2.09. The molecule has 0 atom stereocenters. The van der Waals surface area contributed by atoms with Crippen LogP contribution in [0.15, 0.2) is 16.6 Å². The zero-order chi connectivity index (χ0) is 10.2. The van der Waals surface area contributed by atoms with Crippen molar-refractivity contribution in [2.24, 2.45) is 0 Å². The predicted molar refractivity (Wildman–Crippen MR) is 54.1 cm³/mol. The summed E-state index contributed by atoms with van der Waals surface area (Å²) >= 11 is 3.13. The number of hydrogen-bond donors (Lipinski definition) is 1. The van der Waals surface area contributed by atoms with Crippen LogP contribution in [0.3, 0.4) is 0 Å². The van der Waals surface area contributed by atoms with Crippen molar-refractivity contribution in [1.29, 1.82) is 0 Å². The molecule has 1 N–H and O–H groups in total. The molecule has 0 saturated carbocycles. The van der Waals surface area contributed by atoms with E-state index in [1.54, 1.807) is 19.9 Å². The zero-order valence-corrected chi connectivity index (χ0v) is 9.44. The molecule has 0 unspecified atom stereocenters. The Balaban J connectivity index is 3.43. The van der Waals surface area contributed by atoms with Gasteiger partial charge in [-0.1, -0.05) is 6.07 Å². The van der Waals surface area contributed by atoms with E-state index in [9.17, 15) is 9.50 Å². The first-order chi connectivity index (χ1) is 5.84. The standard InChI is InChI=1S/C10H12BrFO/c1-6-4-5-7(12)9(11)8(6)10(2,3)13/h4-5,13H,1-3H3. The molecule has 0 spiro atoms. The van der Waals surface area contributed by atoms with Crippen molar-refractivity contribution in [2.75, 3.05) is 0 Å². The van der Waals surface area contributed by atoms with Gasteiger partial charge in [-0.3, -0.25) is 0 Å². The van der Waals surface area contributed by atoms with Crippen molar-refractivity contribution in [2.45, 2.75) is 26.4 Å². The normalized spacial score (nSPS) is 11.8. The number of hydrogen-bond acceptors (Lipinski definition) is 1. The largest absolute Gasteiger partial charge is 0.386 e. The summed E-state index contributed by atoms with van der Waals surface area (Å²) in [5.41, 5.74) is 0.457. The maximum absolute atomic E-state index is 13.1. The minimum atomic E-state index is -1.02. The Hall–Kier alpha value is -0.410. The van der Waals surface area contributed by atoms with Crippen LogP contribution in [0.25, 0.3) is 0 Å². The average molecular weight is 247 g/mol. The Kier molecular flexibility index (Phi) is 2.78. The summed E-state index contributed by atoms with van der Waals surface area (Å²) in [5.74, 6) is -0.345. The molecule has 1 aromatic rings. The Morgan fingerprint density at radius 2 is 1.92 bits per heavy atom. The SMILES string of the molecule is Cc1ccc(F)c(Br)c1C(C)(C)O. The van der Waals surface area contributed by atoms with Crippen molar-refractivity contribution >= 4 is 15.9 Å². The topological polar surface area (TPSA) is 20.2 Å². The van der Waals surface area contributed by atoms with Crippen LogP contribution in [0, 0.1) is 12.7 Å². The van der Waals surface area contributed by atoms with E-state index in [-0.39, 0.29) is 5.82 Å². The average Bonchev–Trinajstić information content (AvgIpc) is 1.95. The second-order valence-electron chi connectivity index (χ2n) is 3.61. The number of aliphatic hydroxyl groups is 1. The third-order valence-electron chi connectivity index (χ3n) is 1.91. The fourth-order valence-electron chi connectivity index (χ4n) is 1.40. The fourth-order valence-corrected chi connectivity index (χ4v) is 2.33. The van der Waals surface area contributed by atoms with Crippen molar-refractivity contribution in [3.8, 4) is 0 Å². The minimum absolute atomic E-state index is 0.345. The number of aryl methyl sites for hydroxylation is 1. The first-order valence-corrected chi connectivity index (χ1v) is 4.81. The maximum Gasteiger partial charge on any atom is 0.137 e. The van der Waals surface area contributed by atoms with Gasteiger partial charge in [0.2, 0.25) is 0 Å². The molecular weight excluding hydrogens is 235 g/mol. The van der Waals surface area contributed by atoms with Gasteiger partial charge < -0.3 is 5.11 Å². The van der Waals surface area contributed by atoms with Crippen LogP contribution in [-0.2, 0) is 5.60 Å². The second kappa shape index (κ2) is 3.39. The van der Waals surface area contributed by atoms with Gasteiger partial charge in [0.1, 0.15) is 5.82 Å². The Bertz CT molecular complexity index is 328. The molecule has 1 aromatic carbocycles. The molecule has 1 nitrogen and oxygen atoms in total. The molecule has 0 aliphatic carbocycles. The molecule has 3 heteroatoms. The lowest BCUT2D eigenvalue weighted by molar-refractivity contribution is 0.0767. The quantitative estimate of drug-likeness (QED) is 0.808. The van der Waals surface area contributed by atoms with E-state index in [4.69, 9.17) is 0 Å². The summed E-state index contributed by atoms with van der Waals surface area (Å²) in [7, 11) is 0. The molecular formula is C10H12BrFO. The summed E-state index contributed by atoms with van der Waals surface area (Å²) < 4.78 is 13.5. The highest BCUT2D eigenvalue weighted by atomic mass is 79.9. The van der Waals surface area contributed by atoms with E-state index in [0.717, 1.165) is 5.56 Å². The van der Waals surface area contributed by atoms with Crippen molar-refractivity contribution in [3.05, 3.63) is 33.5 Å². The molecule has 0 heterocycles. The molecule has 0 bridgehead atoms. The molecule has 1 rings (SSSR count). The smallest absolute Gasteiger partial charge is 0.137 e. The lowest BCUT2D eigenvalue weighted by Gasteiger charge is -2.22. The number of benzene rings is 1. The van der Waals surface area contributed by atoms with Crippen molar-refractivity contribution in [1.82, 2.24) is 0 Å². The molecule has 0 aliphatic rings. The van der Waals surface area contributed by atoms with Gasteiger partial charge in [0.25, 0.3) is 0 Å². The van der Waals surface area contributed by atoms with Crippen LogP contribution in [0.1, 0.15) is 25.0 Å². The van der Waals surface area contributed by atoms with Gasteiger partial charge in [-0.25, -0.2) is 4.39 Å². The van der Waals surface area contributed by atoms with E-state index in [2.05, 4.69) is 15.9 Å². The molecule has 0 aliphatic heterocycles. The maximum atomic E-state index is 13.1. The van der Waals surface area contributed by atoms with Crippen LogP contribution in [0.2, 0.25) is 0 Å². The summed E-state index contributed by atoms with van der Waals surface area (Å²) in [6, 6.07) is 3.04. The third-order valence-corrected chi connectivity index (χ3v) is 2.69. The molecule has 0 aromatic heterocycles. The molecule has 13 heavy (non-hydrogen) atoms. The van der Waals surface area contributed by atoms with Crippen molar-refractivity contribution in [3.63, 3.8) is 0 Å². The predicted octanol–water partition coefficient (Wildman–Crippen LogP) is 3.12. The Labute approximate surface area is 85.7 Å². The van der Waals surface area contributed by atoms with Crippen LogP contribution < -0.4 is 0 Å². The van der Waals surface area contributed by atoms with E-state index in [0.29, 0.717) is 10.0 Å². The van der Waals surface area contributed by atoms with E-state index in [1.165, 1.54) is 6.07 Å². The zero-order valence-electron chi connectivity index (χ0n) is 7.86. The number of halogens is 2. The van der Waals surface area contributed by atoms with Crippen molar-refractivity contribution < 1.29 is 9.50 Å². The highest BCUT2D eigenvalue weighted by Crippen LogP contribution is 2.32. The minimum Gasteiger partial charge on any atom is -0.386 e. The molecule has 0 radical (unpaired) electrons. The highest BCUT2D eigenvalue weighted by molar-refractivity contribution is 9.10. The lowest BCUT2D eigenvalue weighted by atomic mass is 9.94. The molecule has 72 valence electrons. The van der Waals surface area contributed by atoms with Crippen LogP contribution in [-0.4, -0.2) is 5.11 Å². The first kappa shape index (κ1) is 10.7. The Morgan fingerprint density at radius 3 is 2.31 bits per heavy atom. The van der Waals surface area contributed by atoms with Gasteiger partial charge in [0.15, 0.2) is 0 Å². The summed E-state index contributed by atoms with van der Waals surface area (Å²) in [6.07, 6.45) is 0. The molecule has 0 amide bonds. The Morgan fingerprint density at radius 1 is 1.38 bits per heavy atom. The molecule has 0 fully saturated rings. The first-order valence-electron chi connectivity index (χ1n) is 4.01.